The normalized spacial score (nSPS) is 11.5. The van der Waals surface area contributed by atoms with Crippen LogP contribution in [0.3, 0.4) is 0 Å². The molecule has 0 aliphatic rings. The molecule has 18 heavy (non-hydrogen) atoms. The Labute approximate surface area is 106 Å². The van der Waals surface area contributed by atoms with Gasteiger partial charge in [0.2, 0.25) is 10.0 Å². The lowest BCUT2D eigenvalue weighted by molar-refractivity contribution is 0.163. The highest BCUT2D eigenvalue weighted by Gasteiger charge is 2.11. The molecule has 0 unspecified atom stereocenters. The van der Waals surface area contributed by atoms with Gasteiger partial charge in [-0.25, -0.2) is 12.8 Å². The summed E-state index contributed by atoms with van der Waals surface area (Å²) in [6.07, 6.45) is 0. The average Bonchev–Trinajstić information content (AvgIpc) is 2.31. The first-order valence-electron chi connectivity index (χ1n) is 5.55. The Hall–Kier alpha value is -1.18. The topological polar surface area (TPSA) is 81.4 Å². The third-order valence-corrected chi connectivity index (χ3v) is 3.49. The van der Waals surface area contributed by atoms with Crippen LogP contribution in [0.5, 0.6) is 0 Å². The highest BCUT2D eigenvalue weighted by Crippen LogP contribution is 2.15. The Kier molecular flexibility index (Phi) is 5.52. The number of ether oxygens (including phenoxy) is 1. The van der Waals surface area contributed by atoms with Crippen molar-refractivity contribution in [1.29, 1.82) is 0 Å². The first kappa shape index (κ1) is 14.9. The van der Waals surface area contributed by atoms with E-state index >= 15 is 0 Å². The van der Waals surface area contributed by atoms with E-state index in [0.29, 0.717) is 12.3 Å². The molecule has 0 bridgehead atoms. The number of rotatable bonds is 7. The maximum atomic E-state index is 13.2. The minimum atomic E-state index is -3.48. The Morgan fingerprint density at radius 3 is 2.78 bits per heavy atom. The fraction of sp³-hybridized carbons (Fsp3) is 0.455. The monoisotopic (exact) mass is 276 g/mol. The molecule has 0 saturated carbocycles. The van der Waals surface area contributed by atoms with E-state index in [4.69, 9.17) is 10.5 Å². The molecule has 7 heteroatoms. The zero-order valence-corrected chi connectivity index (χ0v) is 11.0. The maximum absolute atomic E-state index is 13.2. The van der Waals surface area contributed by atoms with Crippen LogP contribution in [0.15, 0.2) is 18.2 Å². The molecule has 0 spiro atoms. The van der Waals surface area contributed by atoms with Gasteiger partial charge in [0.25, 0.3) is 0 Å². The number of nitrogens with two attached hydrogens (primary N) is 1. The second-order valence-corrected chi connectivity index (χ2v) is 5.47. The molecule has 1 rings (SSSR count). The van der Waals surface area contributed by atoms with Crippen LogP contribution in [0.25, 0.3) is 0 Å². The van der Waals surface area contributed by atoms with Gasteiger partial charge in [0.05, 0.1) is 12.4 Å². The van der Waals surface area contributed by atoms with Crippen LogP contribution in [0.1, 0.15) is 12.5 Å². The Morgan fingerprint density at radius 2 is 2.17 bits per heavy atom. The summed E-state index contributed by atoms with van der Waals surface area (Å²) in [7, 11) is -3.48. The molecule has 0 radical (unpaired) electrons. The molecule has 1 aromatic carbocycles. The highest BCUT2D eigenvalue weighted by molar-refractivity contribution is 7.92. The van der Waals surface area contributed by atoms with Crippen molar-refractivity contribution in [3.8, 4) is 0 Å². The van der Waals surface area contributed by atoms with Crippen LogP contribution < -0.4 is 10.5 Å². The molecule has 0 fully saturated rings. The molecule has 1 aromatic rings. The molecule has 102 valence electrons. The predicted octanol–water partition coefficient (Wildman–Crippen LogP) is 1.06. The minimum Gasteiger partial charge on any atom is -0.381 e. The Morgan fingerprint density at radius 1 is 1.44 bits per heavy atom. The summed E-state index contributed by atoms with van der Waals surface area (Å²) >= 11 is 0. The third-order valence-electron chi connectivity index (χ3n) is 2.24. The van der Waals surface area contributed by atoms with Gasteiger partial charge in [-0.3, -0.25) is 4.72 Å². The van der Waals surface area contributed by atoms with E-state index in [1.807, 2.05) is 0 Å². The predicted molar refractivity (Wildman–Crippen MR) is 68.2 cm³/mol. The van der Waals surface area contributed by atoms with Gasteiger partial charge < -0.3 is 10.5 Å². The van der Waals surface area contributed by atoms with Crippen molar-refractivity contribution in [2.24, 2.45) is 5.73 Å². The van der Waals surface area contributed by atoms with Crippen molar-refractivity contribution in [3.05, 3.63) is 29.6 Å². The summed E-state index contributed by atoms with van der Waals surface area (Å²) in [6, 6.07) is 3.92. The lowest BCUT2D eigenvalue weighted by Crippen LogP contribution is -2.20. The molecular weight excluding hydrogens is 259 g/mol. The van der Waals surface area contributed by atoms with Crippen molar-refractivity contribution >= 4 is 15.7 Å². The summed E-state index contributed by atoms with van der Waals surface area (Å²) in [6.45, 7) is 2.38. The van der Waals surface area contributed by atoms with Crippen molar-refractivity contribution in [2.75, 3.05) is 23.7 Å². The average molecular weight is 276 g/mol. The fourth-order valence-electron chi connectivity index (χ4n) is 1.34. The summed E-state index contributed by atoms with van der Waals surface area (Å²) in [5, 5.41) is 0. The fourth-order valence-corrected chi connectivity index (χ4v) is 2.26. The first-order valence-corrected chi connectivity index (χ1v) is 7.20. The number of benzene rings is 1. The molecule has 0 atom stereocenters. The van der Waals surface area contributed by atoms with Crippen LogP contribution in [0.4, 0.5) is 10.1 Å². The van der Waals surface area contributed by atoms with Gasteiger partial charge >= 0.3 is 0 Å². The summed E-state index contributed by atoms with van der Waals surface area (Å²) in [4.78, 5) is 0. The minimum absolute atomic E-state index is 0.0142. The number of sulfonamides is 1. The molecule has 0 aliphatic heterocycles. The molecule has 0 heterocycles. The second-order valence-electron chi connectivity index (χ2n) is 3.63. The number of hydrogen-bond acceptors (Lipinski definition) is 4. The van der Waals surface area contributed by atoms with Crippen molar-refractivity contribution in [1.82, 2.24) is 0 Å². The van der Waals surface area contributed by atoms with Crippen LogP contribution in [-0.4, -0.2) is 27.4 Å². The van der Waals surface area contributed by atoms with Crippen molar-refractivity contribution in [3.63, 3.8) is 0 Å². The van der Waals surface area contributed by atoms with Gasteiger partial charge in [0.1, 0.15) is 5.82 Å². The SMILES string of the molecule is CCOCCS(=O)(=O)Nc1ccc(F)c(CN)c1. The summed E-state index contributed by atoms with van der Waals surface area (Å²) < 4.78 is 43.8. The molecule has 0 aromatic heterocycles. The van der Waals surface area contributed by atoms with E-state index in [0.717, 1.165) is 0 Å². The first-order chi connectivity index (χ1) is 8.48. The van der Waals surface area contributed by atoms with E-state index < -0.39 is 15.8 Å². The summed E-state index contributed by atoms with van der Waals surface area (Å²) in [5.74, 6) is -0.592. The van der Waals surface area contributed by atoms with E-state index in [-0.39, 0.29) is 24.5 Å². The van der Waals surface area contributed by atoms with Crippen LogP contribution in [0, 0.1) is 5.82 Å². The zero-order chi connectivity index (χ0) is 13.6. The number of nitrogens with one attached hydrogen (secondary N) is 1. The molecule has 5 nitrogen and oxygen atoms in total. The van der Waals surface area contributed by atoms with Crippen LogP contribution in [0.2, 0.25) is 0 Å². The third kappa shape index (κ3) is 4.59. The van der Waals surface area contributed by atoms with Gasteiger partial charge in [-0.05, 0) is 25.1 Å². The molecule has 0 amide bonds. The summed E-state index contributed by atoms with van der Waals surface area (Å²) in [5.41, 5.74) is 5.91. The molecule has 0 saturated heterocycles. The highest BCUT2D eigenvalue weighted by atomic mass is 32.2. The largest absolute Gasteiger partial charge is 0.381 e. The van der Waals surface area contributed by atoms with Crippen molar-refractivity contribution in [2.45, 2.75) is 13.5 Å². The Balaban J connectivity index is 2.72. The molecule has 0 aliphatic carbocycles. The second kappa shape index (κ2) is 6.67. The quantitative estimate of drug-likeness (QED) is 0.730. The standard InChI is InChI=1S/C11H17FN2O3S/c1-2-17-5-6-18(15,16)14-10-3-4-11(12)9(7-10)8-13/h3-4,7,14H,2,5-6,8,13H2,1H3. The van der Waals surface area contributed by atoms with E-state index in [9.17, 15) is 12.8 Å². The van der Waals surface area contributed by atoms with Crippen LogP contribution in [-0.2, 0) is 21.3 Å². The van der Waals surface area contributed by atoms with E-state index in [1.165, 1.54) is 18.2 Å². The lowest BCUT2D eigenvalue weighted by atomic mass is 10.2. The number of anilines is 1. The smallest absolute Gasteiger partial charge is 0.234 e. The van der Waals surface area contributed by atoms with Gasteiger partial charge in [0.15, 0.2) is 0 Å². The number of hydrogen-bond donors (Lipinski definition) is 2. The number of halogens is 1. The van der Waals surface area contributed by atoms with Crippen molar-refractivity contribution < 1.29 is 17.5 Å². The molecular formula is C11H17FN2O3S. The van der Waals surface area contributed by atoms with Gasteiger partial charge in [-0.15, -0.1) is 0 Å². The van der Waals surface area contributed by atoms with E-state index in [2.05, 4.69) is 4.72 Å². The molecule has 3 N–H and O–H groups in total. The van der Waals surface area contributed by atoms with E-state index in [1.54, 1.807) is 6.92 Å². The van der Waals surface area contributed by atoms with Gasteiger partial charge in [0, 0.05) is 24.4 Å². The van der Waals surface area contributed by atoms with Crippen LogP contribution >= 0.6 is 0 Å². The Bertz CT molecular complexity index is 491. The maximum Gasteiger partial charge on any atom is 0.234 e. The van der Waals surface area contributed by atoms with Gasteiger partial charge in [-0.2, -0.15) is 0 Å². The van der Waals surface area contributed by atoms with Gasteiger partial charge in [-0.1, -0.05) is 0 Å². The lowest BCUT2D eigenvalue weighted by Gasteiger charge is -2.09. The zero-order valence-electron chi connectivity index (χ0n) is 10.1.